The largest absolute Gasteiger partial charge is 0.321 e. The Morgan fingerprint density at radius 2 is 2.00 bits per heavy atom. The predicted molar refractivity (Wildman–Crippen MR) is 94.7 cm³/mol. The molecule has 1 atom stereocenters. The van der Waals surface area contributed by atoms with Gasteiger partial charge in [-0.05, 0) is 6.07 Å². The Hall–Kier alpha value is -3.61. The van der Waals surface area contributed by atoms with Crippen molar-refractivity contribution in [3.63, 3.8) is 0 Å². The average Bonchev–Trinajstić information content (AvgIpc) is 3.20. The van der Waals surface area contributed by atoms with E-state index in [2.05, 4.69) is 15.5 Å². The minimum atomic E-state index is -0.450. The molecule has 4 rings (SSSR count). The Labute approximate surface area is 142 Å². The number of allylic oxidation sites excluding steroid dienone is 1. The third-order valence-electron chi connectivity index (χ3n) is 4.12. The predicted octanol–water partition coefficient (Wildman–Crippen LogP) is 3.04. The van der Waals surface area contributed by atoms with Gasteiger partial charge in [0.15, 0.2) is 0 Å². The van der Waals surface area contributed by atoms with Crippen molar-refractivity contribution in [3.8, 4) is 0 Å². The van der Waals surface area contributed by atoms with Crippen LogP contribution in [0.2, 0.25) is 0 Å². The van der Waals surface area contributed by atoms with Crippen LogP contribution in [0.4, 0.5) is 11.4 Å². The molecule has 2 aliphatic heterocycles. The normalized spacial score (nSPS) is 19.7. The van der Waals surface area contributed by atoms with Crippen molar-refractivity contribution < 1.29 is 9.72 Å². The van der Waals surface area contributed by atoms with Crippen molar-refractivity contribution in [1.82, 2.24) is 0 Å². The zero-order valence-corrected chi connectivity index (χ0v) is 12.9. The third-order valence-corrected chi connectivity index (χ3v) is 4.12. The molecule has 1 unspecified atom stereocenters. The summed E-state index contributed by atoms with van der Waals surface area (Å²) < 4.78 is 0. The highest BCUT2D eigenvalue weighted by Gasteiger charge is 2.27. The molecule has 0 saturated carbocycles. The van der Waals surface area contributed by atoms with Crippen LogP contribution in [-0.2, 0) is 4.79 Å². The first kappa shape index (κ1) is 14.9. The van der Waals surface area contributed by atoms with Gasteiger partial charge in [0.1, 0.15) is 0 Å². The van der Waals surface area contributed by atoms with Crippen LogP contribution in [-0.4, -0.2) is 22.8 Å². The number of carbonyl (C=O) groups excluding carboxylic acids is 1. The Morgan fingerprint density at radius 3 is 2.84 bits per heavy atom. The lowest BCUT2D eigenvalue weighted by atomic mass is 9.94. The van der Waals surface area contributed by atoms with Crippen LogP contribution in [0.25, 0.3) is 5.57 Å². The van der Waals surface area contributed by atoms with Gasteiger partial charge in [0.05, 0.1) is 16.6 Å². The fourth-order valence-electron chi connectivity index (χ4n) is 2.94. The van der Waals surface area contributed by atoms with Crippen LogP contribution >= 0.6 is 0 Å². The number of carbonyl (C=O) groups is 1. The average molecular weight is 332 g/mol. The molecule has 25 heavy (non-hydrogen) atoms. The van der Waals surface area contributed by atoms with Gasteiger partial charge < -0.3 is 5.32 Å². The summed E-state index contributed by atoms with van der Waals surface area (Å²) in [4.78, 5) is 22.8. The van der Waals surface area contributed by atoms with Gasteiger partial charge in [-0.25, -0.2) is 0 Å². The van der Waals surface area contributed by atoms with Gasteiger partial charge >= 0.3 is 0 Å². The van der Waals surface area contributed by atoms with Gasteiger partial charge in [0.2, 0.25) is 0 Å². The van der Waals surface area contributed by atoms with E-state index in [9.17, 15) is 14.9 Å². The molecule has 0 bridgehead atoms. The summed E-state index contributed by atoms with van der Waals surface area (Å²) in [5, 5.41) is 21.8. The summed E-state index contributed by atoms with van der Waals surface area (Å²) >= 11 is 0. The number of nitrogens with zero attached hydrogens (tertiary/aromatic N) is 3. The maximum absolute atomic E-state index is 12.3. The first-order chi connectivity index (χ1) is 12.1. The monoisotopic (exact) mass is 332 g/mol. The number of non-ortho nitro benzene ring substituents is 1. The minimum absolute atomic E-state index is 0.0116. The van der Waals surface area contributed by atoms with Crippen molar-refractivity contribution in [2.24, 2.45) is 16.1 Å². The number of nitro groups is 1. The van der Waals surface area contributed by atoms with Crippen LogP contribution in [0, 0.1) is 16.0 Å². The van der Waals surface area contributed by atoms with Crippen molar-refractivity contribution >= 4 is 34.8 Å². The Kier molecular flexibility index (Phi) is 3.46. The van der Waals surface area contributed by atoms with E-state index in [1.807, 2.05) is 24.3 Å². The summed E-state index contributed by atoms with van der Waals surface area (Å²) in [6, 6.07) is 13.7. The molecule has 1 N–H and O–H groups in total. The van der Waals surface area contributed by atoms with Gasteiger partial charge in [-0.15, -0.1) is 0 Å². The molecule has 7 heteroatoms. The summed E-state index contributed by atoms with van der Waals surface area (Å²) in [6.07, 6.45) is 3.41. The number of anilines is 1. The number of amides is 1. The molecular formula is C18H12N4O3. The quantitative estimate of drug-likeness (QED) is 0.531. The zero-order chi connectivity index (χ0) is 17.4. The van der Waals surface area contributed by atoms with Crippen LogP contribution < -0.4 is 5.32 Å². The van der Waals surface area contributed by atoms with Crippen LogP contribution in [0.1, 0.15) is 11.1 Å². The first-order valence-electron chi connectivity index (χ1n) is 7.62. The van der Waals surface area contributed by atoms with Gasteiger partial charge in [-0.3, -0.25) is 14.9 Å². The third kappa shape index (κ3) is 2.61. The fourth-order valence-corrected chi connectivity index (χ4v) is 2.94. The van der Waals surface area contributed by atoms with Gasteiger partial charge in [0.25, 0.3) is 11.6 Å². The van der Waals surface area contributed by atoms with E-state index in [4.69, 9.17) is 0 Å². The summed E-state index contributed by atoms with van der Waals surface area (Å²) in [7, 11) is 0. The Balaban J connectivity index is 1.71. The molecular weight excluding hydrogens is 320 g/mol. The number of nitrogens with one attached hydrogen (secondary N) is 1. The van der Waals surface area contributed by atoms with Crippen LogP contribution in [0.3, 0.4) is 0 Å². The molecule has 2 aromatic carbocycles. The van der Waals surface area contributed by atoms with E-state index in [-0.39, 0.29) is 17.5 Å². The second-order valence-corrected chi connectivity index (χ2v) is 5.66. The molecule has 122 valence electrons. The number of nitro benzene ring substituents is 1. The second-order valence-electron chi connectivity index (χ2n) is 5.66. The molecule has 0 fully saturated rings. The fraction of sp³-hybridized carbons (Fsp3) is 0.0556. The zero-order valence-electron chi connectivity index (χ0n) is 12.9. The van der Waals surface area contributed by atoms with E-state index in [1.165, 1.54) is 12.1 Å². The Bertz CT molecular complexity index is 991. The van der Waals surface area contributed by atoms with Crippen LogP contribution in [0.15, 0.2) is 64.8 Å². The summed E-state index contributed by atoms with van der Waals surface area (Å²) in [5.41, 5.74) is 3.32. The highest BCUT2D eigenvalue weighted by atomic mass is 16.6. The topological polar surface area (TPSA) is 97.0 Å². The number of hydrogen-bond acceptors (Lipinski definition) is 5. The summed E-state index contributed by atoms with van der Waals surface area (Å²) in [5.74, 6) is -0.506. The second kappa shape index (κ2) is 5.79. The number of para-hydroxylation sites is 1. The molecule has 2 aromatic rings. The van der Waals surface area contributed by atoms with Gasteiger partial charge in [-0.2, -0.15) is 10.2 Å². The van der Waals surface area contributed by atoms with Crippen molar-refractivity contribution in [2.75, 3.05) is 5.32 Å². The first-order valence-corrected chi connectivity index (χ1v) is 7.62. The van der Waals surface area contributed by atoms with E-state index in [0.717, 1.165) is 11.3 Å². The highest BCUT2D eigenvalue weighted by molar-refractivity contribution is 6.32. The molecule has 1 amide bonds. The number of rotatable bonds is 3. The van der Waals surface area contributed by atoms with Gasteiger partial charge in [-0.1, -0.05) is 36.4 Å². The lowest BCUT2D eigenvalue weighted by molar-refractivity contribution is -0.384. The maximum atomic E-state index is 12.3. The van der Waals surface area contributed by atoms with Crippen molar-refractivity contribution in [1.29, 1.82) is 0 Å². The SMILES string of the molecule is O=C1Nc2ccccc2/C1=C\C1C=NN=C1c1cccc([N+](=O)[O-])c1. The smallest absolute Gasteiger partial charge is 0.270 e. The molecule has 2 heterocycles. The maximum Gasteiger partial charge on any atom is 0.270 e. The molecule has 7 nitrogen and oxygen atoms in total. The Morgan fingerprint density at radius 1 is 1.16 bits per heavy atom. The standard InChI is InChI=1S/C18H12N4O3/c23-18-15(14-6-1-2-7-16(14)20-18)9-12-10-19-21-17(12)11-4-3-5-13(8-11)22(24)25/h1-10,12H,(H,20,23)/b15-9+. The molecule has 2 aliphatic rings. The van der Waals surface area contributed by atoms with Crippen molar-refractivity contribution in [3.05, 3.63) is 75.8 Å². The lowest BCUT2D eigenvalue weighted by Crippen LogP contribution is -2.14. The molecule has 0 aromatic heterocycles. The van der Waals surface area contributed by atoms with Crippen molar-refractivity contribution in [2.45, 2.75) is 0 Å². The van der Waals surface area contributed by atoms with E-state index < -0.39 is 4.92 Å². The van der Waals surface area contributed by atoms with Gasteiger partial charge in [0, 0.05) is 40.7 Å². The minimum Gasteiger partial charge on any atom is -0.321 e. The molecule has 0 aliphatic carbocycles. The molecule has 0 spiro atoms. The number of fused-ring (bicyclic) bond motifs is 1. The molecule has 0 radical (unpaired) electrons. The number of hydrogen-bond donors (Lipinski definition) is 1. The number of benzene rings is 2. The highest BCUT2D eigenvalue weighted by Crippen LogP contribution is 2.33. The molecule has 0 saturated heterocycles. The van der Waals surface area contributed by atoms with Crippen LogP contribution in [0.5, 0.6) is 0 Å². The lowest BCUT2D eigenvalue weighted by Gasteiger charge is -2.07. The van der Waals surface area contributed by atoms with E-state index >= 15 is 0 Å². The summed E-state index contributed by atoms with van der Waals surface area (Å²) in [6.45, 7) is 0. The van der Waals surface area contributed by atoms with E-state index in [1.54, 1.807) is 24.4 Å². The van der Waals surface area contributed by atoms with E-state index in [0.29, 0.717) is 16.8 Å².